The second-order valence-electron chi connectivity index (χ2n) is 7.69. The summed E-state index contributed by atoms with van der Waals surface area (Å²) >= 11 is 18.9. The van der Waals surface area contributed by atoms with E-state index in [2.05, 4.69) is 35.0 Å². The van der Waals surface area contributed by atoms with E-state index < -0.39 is 43.1 Å². The SMILES string of the molecule is Cc1[nH]n(-c2c(Cl)cc(SOOO)cc2Cl)c(=O)c1N=Nc1ccc(Nc2nc(=O)[nH]c(F)c2Cl)c(S(=O)(=O)O)c1. The molecule has 15 nitrogen and oxygen atoms in total. The first-order valence-electron chi connectivity index (χ1n) is 10.5. The summed E-state index contributed by atoms with van der Waals surface area (Å²) < 4.78 is 52.9. The van der Waals surface area contributed by atoms with Gasteiger partial charge in [-0.1, -0.05) is 39.8 Å². The number of nitrogens with zero attached hydrogens (tertiary/aromatic N) is 4. The highest BCUT2D eigenvalue weighted by atomic mass is 35.5. The summed E-state index contributed by atoms with van der Waals surface area (Å²) in [6.45, 7) is 1.50. The van der Waals surface area contributed by atoms with Crippen molar-refractivity contribution >= 4 is 79.8 Å². The molecular formula is C20H13Cl3FN7O8S2. The van der Waals surface area contributed by atoms with Crippen LogP contribution >= 0.6 is 46.8 Å². The van der Waals surface area contributed by atoms with E-state index in [4.69, 9.17) is 40.1 Å². The van der Waals surface area contributed by atoms with Crippen LogP contribution in [0.3, 0.4) is 0 Å². The molecule has 0 saturated heterocycles. The first-order chi connectivity index (χ1) is 19.3. The van der Waals surface area contributed by atoms with Crippen LogP contribution in [-0.2, 0) is 19.5 Å². The van der Waals surface area contributed by atoms with Gasteiger partial charge in [0.2, 0.25) is 5.95 Å². The fourth-order valence-electron chi connectivity index (χ4n) is 3.31. The van der Waals surface area contributed by atoms with Crippen molar-refractivity contribution in [2.24, 2.45) is 10.2 Å². The minimum absolute atomic E-state index is 0.0177. The molecule has 0 radical (unpaired) electrons. The second kappa shape index (κ2) is 12.3. The van der Waals surface area contributed by atoms with E-state index in [-0.39, 0.29) is 38.5 Å². The molecule has 0 fully saturated rings. The molecule has 4 aromatic rings. The predicted molar refractivity (Wildman–Crippen MR) is 145 cm³/mol. The summed E-state index contributed by atoms with van der Waals surface area (Å²) in [6, 6.07) is 6.00. The first kappa shape index (κ1) is 30.6. The maximum absolute atomic E-state index is 13.8. The smallest absolute Gasteiger partial charge is 0.338 e. The van der Waals surface area contributed by atoms with Crippen LogP contribution in [0, 0.1) is 12.9 Å². The highest BCUT2D eigenvalue weighted by Gasteiger charge is 2.21. The van der Waals surface area contributed by atoms with Crippen LogP contribution in [0.5, 0.6) is 0 Å². The van der Waals surface area contributed by atoms with E-state index in [1.807, 2.05) is 0 Å². The normalized spacial score (nSPS) is 11.9. The second-order valence-corrected chi connectivity index (χ2v) is 11.0. The summed E-state index contributed by atoms with van der Waals surface area (Å²) in [5, 5.41) is 24.1. The number of azo groups is 1. The van der Waals surface area contributed by atoms with Gasteiger partial charge in [0.15, 0.2) is 11.5 Å². The lowest BCUT2D eigenvalue weighted by Gasteiger charge is -2.11. The Labute approximate surface area is 246 Å². The van der Waals surface area contributed by atoms with Crippen LogP contribution in [-0.4, -0.2) is 38.0 Å². The van der Waals surface area contributed by atoms with Gasteiger partial charge in [-0.15, -0.1) is 9.45 Å². The molecular weight excluding hydrogens is 656 g/mol. The average molecular weight is 669 g/mol. The molecule has 21 heteroatoms. The van der Waals surface area contributed by atoms with Crippen LogP contribution in [0.2, 0.25) is 15.1 Å². The molecule has 2 aromatic heterocycles. The number of hydrogen-bond donors (Lipinski definition) is 5. The minimum Gasteiger partial charge on any atom is -0.338 e. The summed E-state index contributed by atoms with van der Waals surface area (Å²) in [4.78, 5) is 29.3. The summed E-state index contributed by atoms with van der Waals surface area (Å²) in [5.74, 6) is -1.74. The molecule has 41 heavy (non-hydrogen) atoms. The van der Waals surface area contributed by atoms with Crippen molar-refractivity contribution in [1.82, 2.24) is 19.7 Å². The quantitative estimate of drug-likeness (QED) is 0.0375. The molecule has 2 heterocycles. The Bertz CT molecular complexity index is 1890. The first-order valence-corrected chi connectivity index (χ1v) is 13.8. The van der Waals surface area contributed by atoms with Crippen molar-refractivity contribution < 1.29 is 32.0 Å². The van der Waals surface area contributed by atoms with Crippen molar-refractivity contribution in [3.05, 3.63) is 77.9 Å². The fraction of sp³-hybridized carbons (Fsp3) is 0.0500. The number of aryl methyl sites for hydroxylation is 1. The number of rotatable bonds is 9. The summed E-state index contributed by atoms with van der Waals surface area (Å²) in [6.07, 6.45) is 0. The van der Waals surface area contributed by atoms with Gasteiger partial charge in [-0.2, -0.15) is 22.9 Å². The lowest BCUT2D eigenvalue weighted by Crippen LogP contribution is -2.15. The maximum Gasteiger partial charge on any atom is 0.349 e. The molecule has 0 spiro atoms. The van der Waals surface area contributed by atoms with Crippen LogP contribution < -0.4 is 16.6 Å². The van der Waals surface area contributed by atoms with Crippen LogP contribution in [0.15, 0.2) is 59.9 Å². The van der Waals surface area contributed by atoms with Gasteiger partial charge in [0, 0.05) is 4.90 Å². The van der Waals surface area contributed by atoms with Gasteiger partial charge in [-0.3, -0.25) is 19.4 Å². The number of halogens is 4. The van der Waals surface area contributed by atoms with E-state index in [0.717, 1.165) is 16.8 Å². The van der Waals surface area contributed by atoms with Gasteiger partial charge in [0.05, 0.1) is 39.2 Å². The number of hydrogen-bond acceptors (Lipinski definition) is 12. The topological polar surface area (TPSA) is 213 Å². The lowest BCUT2D eigenvalue weighted by atomic mass is 10.3. The van der Waals surface area contributed by atoms with E-state index in [9.17, 15) is 27.0 Å². The van der Waals surface area contributed by atoms with Crippen molar-refractivity contribution in [2.45, 2.75) is 16.7 Å². The fourth-order valence-corrected chi connectivity index (χ4v) is 5.34. The number of aromatic nitrogens is 4. The van der Waals surface area contributed by atoms with Gasteiger partial charge in [0.25, 0.3) is 15.7 Å². The Kier molecular flexibility index (Phi) is 9.16. The Morgan fingerprint density at radius 1 is 1.15 bits per heavy atom. The molecule has 0 atom stereocenters. The standard InChI is InChI=1S/C20H13Cl3FN7O8S2/c1-7-15(19(32)31(30-7)16-10(21)5-9(6-11(16)22)40-39-38-34)29-28-8-2-3-12(13(4-8)41(35,36)37)25-18-14(23)17(24)26-20(33)27-18/h2-6,30,34H,1H3,(H,35,36,37)(H2,25,26,27,33). The van der Waals surface area contributed by atoms with Crippen molar-refractivity contribution in [1.29, 1.82) is 0 Å². The van der Waals surface area contributed by atoms with E-state index in [1.165, 1.54) is 25.1 Å². The van der Waals surface area contributed by atoms with E-state index in [1.54, 1.807) is 4.98 Å². The lowest BCUT2D eigenvalue weighted by molar-refractivity contribution is -0.432. The highest BCUT2D eigenvalue weighted by Crippen LogP contribution is 2.35. The average Bonchev–Trinajstić information content (AvgIpc) is 3.16. The van der Waals surface area contributed by atoms with Gasteiger partial charge < -0.3 is 5.32 Å². The highest BCUT2D eigenvalue weighted by molar-refractivity contribution is 7.94. The van der Waals surface area contributed by atoms with Crippen LogP contribution in [0.1, 0.15) is 5.69 Å². The Balaban J connectivity index is 1.70. The Morgan fingerprint density at radius 2 is 1.83 bits per heavy atom. The molecule has 0 aliphatic rings. The van der Waals surface area contributed by atoms with E-state index in [0.29, 0.717) is 16.9 Å². The molecule has 0 bridgehead atoms. The minimum atomic E-state index is -4.91. The molecule has 5 N–H and O–H groups in total. The molecule has 0 saturated carbocycles. The molecule has 0 aliphatic carbocycles. The molecule has 4 rings (SSSR count). The van der Waals surface area contributed by atoms with Crippen LogP contribution in [0.4, 0.5) is 27.3 Å². The Morgan fingerprint density at radius 3 is 2.46 bits per heavy atom. The number of benzene rings is 2. The molecule has 2 aromatic carbocycles. The molecule has 0 aliphatic heterocycles. The van der Waals surface area contributed by atoms with Crippen molar-refractivity contribution in [3.63, 3.8) is 0 Å². The summed E-state index contributed by atoms with van der Waals surface area (Å²) in [5.41, 5.74) is -2.20. The Hall–Kier alpha value is -3.33. The third kappa shape index (κ3) is 6.77. The zero-order chi connectivity index (χ0) is 30.1. The zero-order valence-corrected chi connectivity index (χ0v) is 23.7. The number of anilines is 2. The number of nitrogens with one attached hydrogen (secondary N) is 3. The number of H-pyrrole nitrogens is 2. The maximum atomic E-state index is 13.8. The van der Waals surface area contributed by atoms with E-state index >= 15 is 0 Å². The predicted octanol–water partition coefficient (Wildman–Crippen LogP) is 5.49. The largest absolute Gasteiger partial charge is 0.349 e. The third-order valence-corrected chi connectivity index (χ3v) is 7.38. The van der Waals surface area contributed by atoms with Gasteiger partial charge >= 0.3 is 5.69 Å². The third-order valence-electron chi connectivity index (χ3n) is 5.01. The molecule has 0 amide bonds. The van der Waals surface area contributed by atoms with Crippen LogP contribution in [0.25, 0.3) is 5.69 Å². The van der Waals surface area contributed by atoms with Crippen molar-refractivity contribution in [3.8, 4) is 5.69 Å². The molecule has 216 valence electrons. The van der Waals surface area contributed by atoms with Gasteiger partial charge in [-0.25, -0.2) is 14.7 Å². The van der Waals surface area contributed by atoms with Crippen molar-refractivity contribution in [2.75, 3.05) is 5.32 Å². The zero-order valence-electron chi connectivity index (χ0n) is 19.8. The molecule has 0 unspecified atom stereocenters. The number of aromatic amines is 2. The monoisotopic (exact) mass is 667 g/mol. The van der Waals surface area contributed by atoms with Gasteiger partial charge in [0.1, 0.15) is 15.6 Å². The van der Waals surface area contributed by atoms with Gasteiger partial charge in [-0.05, 0) is 37.3 Å². The summed E-state index contributed by atoms with van der Waals surface area (Å²) in [7, 11) is -4.91.